The summed E-state index contributed by atoms with van der Waals surface area (Å²) in [6.07, 6.45) is 2.83. The summed E-state index contributed by atoms with van der Waals surface area (Å²) < 4.78 is 3.17. The summed E-state index contributed by atoms with van der Waals surface area (Å²) in [6.45, 7) is 6.48. The Kier molecular flexibility index (Phi) is 6.31. The molecule has 1 saturated heterocycles. The highest BCUT2D eigenvalue weighted by atomic mass is 35.5. The van der Waals surface area contributed by atoms with Crippen LogP contribution in [0.4, 0.5) is 0 Å². The topological polar surface area (TPSA) is 54.6 Å². The van der Waals surface area contributed by atoms with Gasteiger partial charge in [-0.15, -0.1) is 17.5 Å². The van der Waals surface area contributed by atoms with Crippen LogP contribution < -0.4 is 11.0 Å². The summed E-state index contributed by atoms with van der Waals surface area (Å²) in [6, 6.07) is 14.9. The van der Waals surface area contributed by atoms with Crippen molar-refractivity contribution in [3.63, 3.8) is 0 Å². The van der Waals surface area contributed by atoms with E-state index in [2.05, 4.69) is 46.5 Å². The predicted octanol–water partition coefficient (Wildman–Crippen LogP) is 2.13. The SMILES string of the molecule is CCc1ccc(C2CNCCN2CCn2nc3ccccn3c2=O)cc1.Cl. The summed E-state index contributed by atoms with van der Waals surface area (Å²) >= 11 is 0. The third kappa shape index (κ3) is 4.08. The quantitative estimate of drug-likeness (QED) is 0.728. The lowest BCUT2D eigenvalue weighted by Gasteiger charge is -2.36. The molecule has 0 spiro atoms. The minimum Gasteiger partial charge on any atom is -0.314 e. The number of rotatable bonds is 5. The third-order valence-electron chi connectivity index (χ3n) is 5.21. The Hall–Kier alpha value is -2.15. The van der Waals surface area contributed by atoms with Crippen LogP contribution in [0.2, 0.25) is 0 Å². The molecule has 7 heteroatoms. The number of hydrogen-bond acceptors (Lipinski definition) is 4. The van der Waals surface area contributed by atoms with E-state index in [1.54, 1.807) is 15.3 Å². The molecule has 6 nitrogen and oxygen atoms in total. The molecule has 1 fully saturated rings. The van der Waals surface area contributed by atoms with Crippen molar-refractivity contribution in [2.75, 3.05) is 26.2 Å². The maximum atomic E-state index is 12.5. The van der Waals surface area contributed by atoms with Gasteiger partial charge in [-0.25, -0.2) is 9.48 Å². The number of halogens is 1. The molecule has 0 saturated carbocycles. The zero-order chi connectivity index (χ0) is 17.9. The van der Waals surface area contributed by atoms with Crippen molar-refractivity contribution >= 4 is 18.1 Å². The van der Waals surface area contributed by atoms with Crippen LogP contribution >= 0.6 is 12.4 Å². The lowest BCUT2D eigenvalue weighted by molar-refractivity contribution is 0.153. The number of aromatic nitrogens is 3. The molecule has 3 aromatic rings. The Labute approximate surface area is 165 Å². The lowest BCUT2D eigenvalue weighted by atomic mass is 10.0. The normalized spacial score (nSPS) is 17.7. The number of nitrogens with one attached hydrogen (secondary N) is 1. The average Bonchev–Trinajstić information content (AvgIpc) is 3.03. The number of benzene rings is 1. The molecule has 1 aromatic carbocycles. The first-order valence-electron chi connectivity index (χ1n) is 9.34. The molecule has 2 aromatic heterocycles. The second-order valence-electron chi connectivity index (χ2n) is 6.79. The number of aryl methyl sites for hydroxylation is 1. The van der Waals surface area contributed by atoms with Gasteiger partial charge < -0.3 is 5.32 Å². The van der Waals surface area contributed by atoms with Gasteiger partial charge in [0.05, 0.1) is 6.54 Å². The second kappa shape index (κ2) is 8.69. The zero-order valence-corrected chi connectivity index (χ0v) is 16.4. The minimum absolute atomic E-state index is 0. The number of hydrogen-bond donors (Lipinski definition) is 1. The summed E-state index contributed by atoms with van der Waals surface area (Å²) in [7, 11) is 0. The second-order valence-corrected chi connectivity index (χ2v) is 6.79. The largest absolute Gasteiger partial charge is 0.350 e. The Morgan fingerprint density at radius 1 is 1.15 bits per heavy atom. The Morgan fingerprint density at radius 2 is 1.96 bits per heavy atom. The molecular weight excluding hydrogens is 362 g/mol. The summed E-state index contributed by atoms with van der Waals surface area (Å²) in [5.41, 5.74) is 3.32. The fourth-order valence-corrected chi connectivity index (χ4v) is 3.66. The molecule has 0 radical (unpaired) electrons. The van der Waals surface area contributed by atoms with E-state index in [0.717, 1.165) is 32.6 Å². The van der Waals surface area contributed by atoms with Crippen LogP contribution in [0.5, 0.6) is 0 Å². The maximum absolute atomic E-state index is 12.5. The first kappa shape index (κ1) is 19.6. The van der Waals surface area contributed by atoms with Gasteiger partial charge in [-0.1, -0.05) is 37.3 Å². The van der Waals surface area contributed by atoms with E-state index >= 15 is 0 Å². The zero-order valence-electron chi connectivity index (χ0n) is 15.5. The van der Waals surface area contributed by atoms with Crippen LogP contribution in [0.15, 0.2) is 53.5 Å². The fourth-order valence-electron chi connectivity index (χ4n) is 3.66. The van der Waals surface area contributed by atoms with E-state index in [9.17, 15) is 4.79 Å². The van der Waals surface area contributed by atoms with Gasteiger partial charge in [-0.2, -0.15) is 0 Å². The fraction of sp³-hybridized carbons (Fsp3) is 0.400. The molecule has 4 rings (SSSR count). The molecule has 0 bridgehead atoms. The Balaban J connectivity index is 0.00000210. The summed E-state index contributed by atoms with van der Waals surface area (Å²) in [4.78, 5) is 14.9. The summed E-state index contributed by atoms with van der Waals surface area (Å²) in [5.74, 6) is 0. The number of nitrogens with zero attached hydrogens (tertiary/aromatic N) is 4. The van der Waals surface area contributed by atoms with Crippen molar-refractivity contribution in [3.8, 4) is 0 Å². The van der Waals surface area contributed by atoms with Gasteiger partial charge in [0, 0.05) is 38.4 Å². The Morgan fingerprint density at radius 3 is 2.70 bits per heavy atom. The van der Waals surface area contributed by atoms with Crippen LogP contribution in [0.25, 0.3) is 5.65 Å². The number of fused-ring (bicyclic) bond motifs is 1. The highest BCUT2D eigenvalue weighted by Crippen LogP contribution is 2.22. The Bertz CT molecular complexity index is 933. The molecule has 0 aliphatic carbocycles. The van der Waals surface area contributed by atoms with Gasteiger partial charge in [0.2, 0.25) is 0 Å². The predicted molar refractivity (Wildman–Crippen MR) is 110 cm³/mol. The van der Waals surface area contributed by atoms with Crippen molar-refractivity contribution < 1.29 is 0 Å². The smallest absolute Gasteiger partial charge is 0.314 e. The van der Waals surface area contributed by atoms with Gasteiger partial charge in [0.1, 0.15) is 0 Å². The van der Waals surface area contributed by atoms with Gasteiger partial charge in [-0.3, -0.25) is 9.30 Å². The molecule has 0 amide bonds. The first-order chi connectivity index (χ1) is 12.8. The van der Waals surface area contributed by atoms with E-state index in [0.29, 0.717) is 18.2 Å². The van der Waals surface area contributed by atoms with Crippen LogP contribution in [-0.4, -0.2) is 45.3 Å². The molecular formula is C20H26ClN5O. The third-order valence-corrected chi connectivity index (χ3v) is 5.21. The lowest BCUT2D eigenvalue weighted by Crippen LogP contribution is -2.47. The number of pyridine rings is 1. The molecule has 1 atom stereocenters. The average molecular weight is 388 g/mol. The van der Waals surface area contributed by atoms with E-state index in [1.165, 1.54) is 11.1 Å². The van der Waals surface area contributed by atoms with Crippen molar-refractivity contribution in [1.82, 2.24) is 24.4 Å². The molecule has 1 aliphatic heterocycles. The van der Waals surface area contributed by atoms with Crippen LogP contribution in [-0.2, 0) is 13.0 Å². The van der Waals surface area contributed by atoms with E-state index in [1.807, 2.05) is 18.2 Å². The van der Waals surface area contributed by atoms with Crippen molar-refractivity contribution in [2.24, 2.45) is 0 Å². The van der Waals surface area contributed by atoms with E-state index in [4.69, 9.17) is 0 Å². The molecule has 27 heavy (non-hydrogen) atoms. The summed E-state index contributed by atoms with van der Waals surface area (Å²) in [5, 5.41) is 7.93. The maximum Gasteiger partial charge on any atom is 0.350 e. The highest BCUT2D eigenvalue weighted by molar-refractivity contribution is 5.85. The van der Waals surface area contributed by atoms with Crippen molar-refractivity contribution in [3.05, 3.63) is 70.3 Å². The first-order valence-corrected chi connectivity index (χ1v) is 9.34. The van der Waals surface area contributed by atoms with Gasteiger partial charge >= 0.3 is 5.69 Å². The van der Waals surface area contributed by atoms with Crippen molar-refractivity contribution in [1.29, 1.82) is 0 Å². The molecule has 3 heterocycles. The standard InChI is InChI=1S/C20H25N5O.ClH/c1-2-16-6-8-17(9-7-16)18-15-21-10-12-23(18)13-14-25-20(26)24-11-4-3-5-19(24)22-25;/h3-9,11,18,21H,2,10,12-15H2,1H3;1H. The van der Waals surface area contributed by atoms with Crippen LogP contribution in [0, 0.1) is 0 Å². The van der Waals surface area contributed by atoms with Gasteiger partial charge in [0.15, 0.2) is 5.65 Å². The van der Waals surface area contributed by atoms with Gasteiger partial charge in [-0.05, 0) is 29.7 Å². The van der Waals surface area contributed by atoms with Crippen molar-refractivity contribution in [2.45, 2.75) is 25.9 Å². The molecule has 1 N–H and O–H groups in total. The molecule has 144 valence electrons. The molecule has 1 aliphatic rings. The van der Waals surface area contributed by atoms with E-state index in [-0.39, 0.29) is 18.1 Å². The van der Waals surface area contributed by atoms with Crippen LogP contribution in [0.3, 0.4) is 0 Å². The highest BCUT2D eigenvalue weighted by Gasteiger charge is 2.23. The minimum atomic E-state index is -0.0698. The van der Waals surface area contributed by atoms with E-state index < -0.39 is 0 Å². The number of piperazine rings is 1. The van der Waals surface area contributed by atoms with Crippen LogP contribution in [0.1, 0.15) is 24.1 Å². The molecule has 1 unspecified atom stereocenters. The monoisotopic (exact) mass is 387 g/mol. The van der Waals surface area contributed by atoms with Gasteiger partial charge in [0.25, 0.3) is 0 Å².